The highest BCUT2D eigenvalue weighted by Gasteiger charge is 2.30. The summed E-state index contributed by atoms with van der Waals surface area (Å²) in [6.07, 6.45) is 7.49. The molecule has 2 aliphatic rings. The van der Waals surface area contributed by atoms with Crippen molar-refractivity contribution < 1.29 is 13.2 Å². The van der Waals surface area contributed by atoms with Crippen molar-refractivity contribution in [3.63, 3.8) is 0 Å². The van der Waals surface area contributed by atoms with E-state index in [1.54, 1.807) is 29.4 Å². The fourth-order valence-corrected chi connectivity index (χ4v) is 5.50. The molecule has 1 aromatic heterocycles. The predicted octanol–water partition coefficient (Wildman–Crippen LogP) is 1.69. The van der Waals surface area contributed by atoms with E-state index in [9.17, 15) is 13.2 Å². The Labute approximate surface area is 177 Å². The van der Waals surface area contributed by atoms with Crippen LogP contribution in [0.15, 0.2) is 41.6 Å². The largest absolute Gasteiger partial charge is 0.354 e. The molecule has 1 N–H and O–H groups in total. The number of carbonyl (C=O) groups is 1. The highest BCUT2D eigenvalue weighted by Crippen LogP contribution is 2.26. The third-order valence-corrected chi connectivity index (χ3v) is 7.61. The zero-order valence-corrected chi connectivity index (χ0v) is 17.8. The van der Waals surface area contributed by atoms with Gasteiger partial charge in [0.05, 0.1) is 4.90 Å². The summed E-state index contributed by atoms with van der Waals surface area (Å²) in [7, 11) is -3.51. The van der Waals surface area contributed by atoms with Crippen molar-refractivity contribution in [3.05, 3.63) is 47.8 Å². The Morgan fingerprint density at radius 3 is 2.53 bits per heavy atom. The molecule has 30 heavy (non-hydrogen) atoms. The molecule has 0 atom stereocenters. The van der Waals surface area contributed by atoms with Gasteiger partial charge in [0.25, 0.3) is 0 Å². The topological polar surface area (TPSA) is 95.5 Å². The second kappa shape index (κ2) is 9.09. The molecule has 0 saturated carbocycles. The molecule has 0 spiro atoms. The molecular weight excluding hydrogens is 402 g/mol. The molecule has 8 nitrogen and oxygen atoms in total. The van der Waals surface area contributed by atoms with Crippen LogP contribution in [0.5, 0.6) is 0 Å². The summed E-state index contributed by atoms with van der Waals surface area (Å²) in [4.78, 5) is 22.8. The van der Waals surface area contributed by atoms with Crippen molar-refractivity contribution in [1.82, 2.24) is 19.2 Å². The zero-order valence-electron chi connectivity index (χ0n) is 17.0. The summed E-state index contributed by atoms with van der Waals surface area (Å²) in [6, 6.07) is 7.25. The monoisotopic (exact) mass is 429 g/mol. The molecule has 1 aliphatic heterocycles. The van der Waals surface area contributed by atoms with Crippen molar-refractivity contribution in [2.24, 2.45) is 0 Å². The fraction of sp³-hybridized carbons (Fsp3) is 0.476. The summed E-state index contributed by atoms with van der Waals surface area (Å²) in [5.41, 5.74) is 2.41. The van der Waals surface area contributed by atoms with Crippen molar-refractivity contribution >= 4 is 21.9 Å². The van der Waals surface area contributed by atoms with Gasteiger partial charge in [-0.05, 0) is 55.0 Å². The van der Waals surface area contributed by atoms with E-state index in [2.05, 4.69) is 15.3 Å². The Balaban J connectivity index is 1.25. The number of benzene rings is 1. The van der Waals surface area contributed by atoms with Crippen LogP contribution in [-0.2, 0) is 27.7 Å². The van der Waals surface area contributed by atoms with Crippen LogP contribution in [0, 0.1) is 0 Å². The lowest BCUT2D eigenvalue weighted by molar-refractivity contribution is -0.132. The molecule has 2 aromatic rings. The van der Waals surface area contributed by atoms with Crippen molar-refractivity contribution in [3.8, 4) is 0 Å². The van der Waals surface area contributed by atoms with E-state index in [0.717, 1.165) is 24.8 Å². The lowest BCUT2D eigenvalue weighted by Gasteiger charge is -2.34. The molecule has 1 amide bonds. The molecule has 1 saturated heterocycles. The average Bonchev–Trinajstić information content (AvgIpc) is 3.25. The summed E-state index contributed by atoms with van der Waals surface area (Å²) >= 11 is 0. The quantitative estimate of drug-likeness (QED) is 0.673. The van der Waals surface area contributed by atoms with E-state index in [4.69, 9.17) is 0 Å². The van der Waals surface area contributed by atoms with Gasteiger partial charge < -0.3 is 10.2 Å². The van der Waals surface area contributed by atoms with E-state index in [1.165, 1.54) is 9.87 Å². The Kier molecular flexibility index (Phi) is 6.29. The molecule has 1 fully saturated rings. The molecule has 160 valence electrons. The number of nitrogens with one attached hydrogen (secondary N) is 1. The molecule has 2 heterocycles. The van der Waals surface area contributed by atoms with Gasteiger partial charge in [0.1, 0.15) is 0 Å². The molecular formula is C21H27N5O3S. The molecule has 9 heteroatoms. The van der Waals surface area contributed by atoms with Crippen LogP contribution in [0.25, 0.3) is 0 Å². The number of aryl methyl sites for hydroxylation is 2. The second-order valence-corrected chi connectivity index (χ2v) is 9.61. The van der Waals surface area contributed by atoms with Crippen LogP contribution in [0.3, 0.4) is 0 Å². The first-order chi connectivity index (χ1) is 14.5. The second-order valence-electron chi connectivity index (χ2n) is 7.67. The standard InChI is InChI=1S/C21H27N5O3S/c27-20(6-2-9-22-21-23-10-3-11-24-21)25-12-14-26(15-13-25)30(28,29)19-8-7-17-4-1-5-18(17)16-19/h3,7-8,10-11,16H,1-2,4-6,9,12-15H2,(H,22,23,24). The number of nitrogens with zero attached hydrogens (tertiary/aromatic N) is 4. The van der Waals surface area contributed by atoms with Crippen molar-refractivity contribution in [1.29, 1.82) is 0 Å². The van der Waals surface area contributed by atoms with Gasteiger partial charge >= 0.3 is 0 Å². The van der Waals surface area contributed by atoms with E-state index in [0.29, 0.717) is 56.4 Å². The highest BCUT2D eigenvalue weighted by atomic mass is 32.2. The number of anilines is 1. The Morgan fingerprint density at radius 1 is 1.03 bits per heavy atom. The summed E-state index contributed by atoms with van der Waals surface area (Å²) in [6.45, 7) is 2.14. The first-order valence-corrected chi connectivity index (χ1v) is 11.9. The SMILES string of the molecule is O=C(CCCNc1ncccn1)N1CCN(S(=O)(=O)c2ccc3c(c2)CCC3)CC1. The molecule has 0 bridgehead atoms. The minimum Gasteiger partial charge on any atom is -0.354 e. The Hall–Kier alpha value is -2.52. The minimum atomic E-state index is -3.51. The minimum absolute atomic E-state index is 0.0559. The van der Waals surface area contributed by atoms with Gasteiger partial charge in [-0.15, -0.1) is 0 Å². The predicted molar refractivity (Wildman–Crippen MR) is 114 cm³/mol. The normalized spacial score (nSPS) is 17.0. The third-order valence-electron chi connectivity index (χ3n) is 5.72. The number of hydrogen-bond acceptors (Lipinski definition) is 6. The van der Waals surface area contributed by atoms with E-state index < -0.39 is 10.0 Å². The number of fused-ring (bicyclic) bond motifs is 1. The number of rotatable bonds is 7. The van der Waals surface area contributed by atoms with Crippen LogP contribution in [0.2, 0.25) is 0 Å². The number of hydrogen-bond donors (Lipinski definition) is 1. The van der Waals surface area contributed by atoms with Crippen LogP contribution < -0.4 is 5.32 Å². The summed E-state index contributed by atoms with van der Waals surface area (Å²) in [5.74, 6) is 0.607. The van der Waals surface area contributed by atoms with Gasteiger partial charge in [0, 0.05) is 51.5 Å². The summed E-state index contributed by atoms with van der Waals surface area (Å²) in [5, 5.41) is 3.09. The Morgan fingerprint density at radius 2 is 1.77 bits per heavy atom. The lowest BCUT2D eigenvalue weighted by atomic mass is 10.1. The number of amides is 1. The maximum atomic E-state index is 13.0. The number of aromatic nitrogens is 2. The highest BCUT2D eigenvalue weighted by molar-refractivity contribution is 7.89. The number of carbonyl (C=O) groups excluding carboxylic acids is 1. The van der Waals surface area contributed by atoms with Crippen molar-refractivity contribution in [2.45, 2.75) is 37.0 Å². The number of sulfonamides is 1. The van der Waals surface area contributed by atoms with Crippen LogP contribution >= 0.6 is 0 Å². The molecule has 1 aromatic carbocycles. The van der Waals surface area contributed by atoms with E-state index in [1.807, 2.05) is 12.1 Å². The maximum absolute atomic E-state index is 13.0. The van der Waals surface area contributed by atoms with Gasteiger partial charge in [0.15, 0.2) is 0 Å². The van der Waals surface area contributed by atoms with E-state index >= 15 is 0 Å². The van der Waals surface area contributed by atoms with Gasteiger partial charge in [-0.3, -0.25) is 4.79 Å². The molecule has 0 radical (unpaired) electrons. The van der Waals surface area contributed by atoms with Gasteiger partial charge in [-0.2, -0.15) is 4.31 Å². The van der Waals surface area contributed by atoms with Crippen molar-refractivity contribution in [2.75, 3.05) is 38.0 Å². The van der Waals surface area contributed by atoms with Gasteiger partial charge in [0.2, 0.25) is 21.9 Å². The summed E-state index contributed by atoms with van der Waals surface area (Å²) < 4.78 is 27.5. The zero-order chi connectivity index (χ0) is 21.0. The van der Waals surface area contributed by atoms with E-state index in [-0.39, 0.29) is 5.91 Å². The first kappa shape index (κ1) is 20.7. The molecule has 0 unspecified atom stereocenters. The lowest BCUT2D eigenvalue weighted by Crippen LogP contribution is -2.50. The third kappa shape index (κ3) is 4.62. The maximum Gasteiger partial charge on any atom is 0.243 e. The Bertz CT molecular complexity index is 989. The van der Waals surface area contributed by atoms with Gasteiger partial charge in [-0.25, -0.2) is 18.4 Å². The first-order valence-electron chi connectivity index (χ1n) is 10.4. The number of piperazine rings is 1. The average molecular weight is 430 g/mol. The smallest absolute Gasteiger partial charge is 0.243 e. The fourth-order valence-electron chi connectivity index (χ4n) is 4.02. The molecule has 1 aliphatic carbocycles. The van der Waals surface area contributed by atoms with Crippen LogP contribution in [-0.4, -0.2) is 66.2 Å². The van der Waals surface area contributed by atoms with Crippen LogP contribution in [0.4, 0.5) is 5.95 Å². The van der Waals surface area contributed by atoms with Crippen LogP contribution in [0.1, 0.15) is 30.4 Å². The molecule has 4 rings (SSSR count). The van der Waals surface area contributed by atoms with Gasteiger partial charge in [-0.1, -0.05) is 6.07 Å².